The number of aryl methyl sites for hydroxylation is 1. The standard InChI is InChI=1S/C29H45N5O4S/c1-28(2,3)37-26(35)31-15-16-34-18-22(24(19-34)30-14-10-13-21-11-8-7-9-12-21)17-23-20-39-25(32-23)33-27(36)38-29(4,5)6/h7-9,11-12,20,22,24,30H,10,13-19H2,1-6H3,(H,31,35)(H,32,33,36). The van der Waals surface area contributed by atoms with E-state index in [1.165, 1.54) is 16.9 Å². The van der Waals surface area contributed by atoms with Gasteiger partial charge in [-0.1, -0.05) is 30.3 Å². The summed E-state index contributed by atoms with van der Waals surface area (Å²) >= 11 is 1.41. The van der Waals surface area contributed by atoms with Gasteiger partial charge >= 0.3 is 12.2 Å². The van der Waals surface area contributed by atoms with E-state index in [1.54, 1.807) is 0 Å². The first-order valence-electron chi connectivity index (χ1n) is 13.8. The molecule has 216 valence electrons. The number of nitrogens with zero attached hydrogens (tertiary/aromatic N) is 2. The minimum atomic E-state index is -0.560. The second-order valence-electron chi connectivity index (χ2n) is 12.1. The fourth-order valence-electron chi connectivity index (χ4n) is 4.55. The number of nitrogens with one attached hydrogen (secondary N) is 3. The highest BCUT2D eigenvalue weighted by Crippen LogP contribution is 2.25. The van der Waals surface area contributed by atoms with Gasteiger partial charge in [-0.15, -0.1) is 11.3 Å². The van der Waals surface area contributed by atoms with E-state index in [4.69, 9.17) is 9.47 Å². The number of likely N-dealkylation sites (tertiary alicyclic amines) is 1. The number of alkyl carbamates (subject to hydrolysis) is 1. The van der Waals surface area contributed by atoms with Gasteiger partial charge < -0.3 is 20.1 Å². The summed E-state index contributed by atoms with van der Waals surface area (Å²) in [5.74, 6) is 0.361. The van der Waals surface area contributed by atoms with Crippen LogP contribution in [0.25, 0.3) is 0 Å². The van der Waals surface area contributed by atoms with Crippen LogP contribution in [-0.2, 0) is 22.3 Å². The van der Waals surface area contributed by atoms with Crippen molar-refractivity contribution in [3.63, 3.8) is 0 Å². The van der Waals surface area contributed by atoms with Crippen molar-refractivity contribution >= 4 is 28.7 Å². The fraction of sp³-hybridized carbons (Fsp3) is 0.621. The maximum absolute atomic E-state index is 12.1. The number of ether oxygens (including phenoxy) is 2. The van der Waals surface area contributed by atoms with Crippen LogP contribution >= 0.6 is 11.3 Å². The van der Waals surface area contributed by atoms with E-state index >= 15 is 0 Å². The Kier molecular flexibility index (Phi) is 11.1. The molecule has 0 aliphatic carbocycles. The van der Waals surface area contributed by atoms with E-state index in [2.05, 4.69) is 50.1 Å². The van der Waals surface area contributed by atoms with Crippen molar-refractivity contribution in [2.45, 2.75) is 78.0 Å². The lowest BCUT2D eigenvalue weighted by Crippen LogP contribution is -2.39. The molecule has 3 rings (SSSR count). The van der Waals surface area contributed by atoms with Crippen molar-refractivity contribution < 1.29 is 19.1 Å². The Hall–Kier alpha value is -2.69. The SMILES string of the molecule is CC(C)(C)OC(=O)NCCN1CC(Cc2csc(NC(=O)OC(C)(C)C)n2)C(NCCCc2ccccc2)C1. The largest absolute Gasteiger partial charge is 0.444 e. The van der Waals surface area contributed by atoms with Crippen molar-refractivity contribution in [2.24, 2.45) is 5.92 Å². The summed E-state index contributed by atoms with van der Waals surface area (Å²) in [4.78, 5) is 31.2. The summed E-state index contributed by atoms with van der Waals surface area (Å²) in [6.45, 7) is 15.1. The maximum atomic E-state index is 12.1. The van der Waals surface area contributed by atoms with Gasteiger partial charge in [-0.2, -0.15) is 0 Å². The van der Waals surface area contributed by atoms with Crippen LogP contribution in [0.5, 0.6) is 0 Å². The van der Waals surface area contributed by atoms with Gasteiger partial charge in [0.2, 0.25) is 0 Å². The van der Waals surface area contributed by atoms with E-state index in [1.807, 2.05) is 53.0 Å². The van der Waals surface area contributed by atoms with Crippen LogP contribution in [0.4, 0.5) is 14.7 Å². The molecule has 3 N–H and O–H groups in total. The highest BCUT2D eigenvalue weighted by atomic mass is 32.1. The minimum Gasteiger partial charge on any atom is -0.444 e. The second-order valence-corrected chi connectivity index (χ2v) is 12.9. The van der Waals surface area contributed by atoms with E-state index in [9.17, 15) is 9.59 Å². The fourth-order valence-corrected chi connectivity index (χ4v) is 5.26. The molecule has 0 spiro atoms. The van der Waals surface area contributed by atoms with Crippen LogP contribution in [0.1, 0.15) is 59.2 Å². The molecule has 9 nitrogen and oxygen atoms in total. The molecule has 1 aliphatic rings. The maximum Gasteiger partial charge on any atom is 0.413 e. The first kappa shape index (κ1) is 30.8. The Balaban J connectivity index is 1.53. The van der Waals surface area contributed by atoms with Gasteiger partial charge in [0.25, 0.3) is 0 Å². The smallest absolute Gasteiger partial charge is 0.413 e. The molecule has 1 aromatic carbocycles. The highest BCUT2D eigenvalue weighted by Gasteiger charge is 2.33. The summed E-state index contributed by atoms with van der Waals surface area (Å²) in [6, 6.07) is 10.9. The van der Waals surface area contributed by atoms with E-state index in [0.717, 1.165) is 51.1 Å². The number of benzene rings is 1. The molecule has 2 unspecified atom stereocenters. The predicted octanol–water partition coefficient (Wildman–Crippen LogP) is 5.08. The number of anilines is 1. The molecule has 2 amide bonds. The summed E-state index contributed by atoms with van der Waals surface area (Å²) in [5.41, 5.74) is 1.24. The quantitative estimate of drug-likeness (QED) is 0.330. The van der Waals surface area contributed by atoms with Crippen LogP contribution in [0.15, 0.2) is 35.7 Å². The van der Waals surface area contributed by atoms with Crippen LogP contribution in [-0.4, -0.2) is 72.0 Å². The van der Waals surface area contributed by atoms with Gasteiger partial charge in [0.15, 0.2) is 5.13 Å². The molecule has 1 saturated heterocycles. The predicted molar refractivity (Wildman–Crippen MR) is 156 cm³/mol. The van der Waals surface area contributed by atoms with Crippen LogP contribution < -0.4 is 16.0 Å². The summed E-state index contributed by atoms with van der Waals surface area (Å²) in [7, 11) is 0. The number of rotatable bonds is 11. The van der Waals surface area contributed by atoms with Gasteiger partial charge in [-0.25, -0.2) is 14.6 Å². The summed E-state index contributed by atoms with van der Waals surface area (Å²) in [5, 5.41) is 11.9. The summed E-state index contributed by atoms with van der Waals surface area (Å²) < 4.78 is 10.7. The third kappa shape index (κ3) is 11.9. The Bertz CT molecular complexity index is 1050. The van der Waals surface area contributed by atoms with E-state index in [0.29, 0.717) is 23.6 Å². The second kappa shape index (κ2) is 14.1. The monoisotopic (exact) mass is 559 g/mol. The number of carbonyl (C=O) groups excluding carboxylic acids is 2. The van der Waals surface area contributed by atoms with Gasteiger partial charge in [0, 0.05) is 37.6 Å². The number of carbonyl (C=O) groups is 2. The molecule has 2 aromatic rings. The van der Waals surface area contributed by atoms with Crippen molar-refractivity contribution in [1.82, 2.24) is 20.5 Å². The van der Waals surface area contributed by atoms with Gasteiger partial charge in [0.1, 0.15) is 11.2 Å². The molecule has 0 saturated carbocycles. The number of aromatic nitrogens is 1. The first-order valence-corrected chi connectivity index (χ1v) is 14.7. The van der Waals surface area contributed by atoms with Crippen molar-refractivity contribution in [1.29, 1.82) is 0 Å². The molecule has 1 aromatic heterocycles. The Morgan fingerprint density at radius 2 is 1.69 bits per heavy atom. The Morgan fingerprint density at radius 3 is 2.38 bits per heavy atom. The van der Waals surface area contributed by atoms with Crippen LogP contribution in [0.3, 0.4) is 0 Å². The molecular weight excluding hydrogens is 514 g/mol. The molecule has 0 bridgehead atoms. The topological polar surface area (TPSA) is 105 Å². The van der Waals surface area contributed by atoms with Crippen molar-refractivity contribution in [2.75, 3.05) is 38.0 Å². The highest BCUT2D eigenvalue weighted by molar-refractivity contribution is 7.13. The zero-order valence-electron chi connectivity index (χ0n) is 24.2. The molecule has 1 fully saturated rings. The van der Waals surface area contributed by atoms with Crippen molar-refractivity contribution in [3.05, 3.63) is 47.0 Å². The molecule has 2 heterocycles. The van der Waals surface area contributed by atoms with Gasteiger partial charge in [-0.3, -0.25) is 10.2 Å². The Labute approximate surface area is 237 Å². The van der Waals surface area contributed by atoms with Crippen LogP contribution in [0, 0.1) is 5.92 Å². The first-order chi connectivity index (χ1) is 18.4. The average Bonchev–Trinajstić information content (AvgIpc) is 3.41. The lowest BCUT2D eigenvalue weighted by molar-refractivity contribution is 0.0522. The number of amides is 2. The average molecular weight is 560 g/mol. The molecular formula is C29H45N5O4S. The van der Waals surface area contributed by atoms with Gasteiger partial charge in [0.05, 0.1) is 5.69 Å². The third-order valence-corrected chi connectivity index (χ3v) is 6.94. The molecule has 39 heavy (non-hydrogen) atoms. The van der Waals surface area contributed by atoms with Crippen LogP contribution in [0.2, 0.25) is 0 Å². The van der Waals surface area contributed by atoms with E-state index in [-0.39, 0.29) is 6.09 Å². The normalized spacial score (nSPS) is 18.1. The molecule has 1 aliphatic heterocycles. The lowest BCUT2D eigenvalue weighted by atomic mass is 9.98. The van der Waals surface area contributed by atoms with Crippen molar-refractivity contribution in [3.8, 4) is 0 Å². The number of hydrogen-bond acceptors (Lipinski definition) is 8. The lowest BCUT2D eigenvalue weighted by Gasteiger charge is -2.21. The molecule has 0 radical (unpaired) electrons. The molecule has 2 atom stereocenters. The molecule has 10 heteroatoms. The summed E-state index contributed by atoms with van der Waals surface area (Å²) in [6.07, 6.45) is 2.03. The number of thiazole rings is 1. The van der Waals surface area contributed by atoms with Gasteiger partial charge in [-0.05, 0) is 78.8 Å². The van der Waals surface area contributed by atoms with E-state index < -0.39 is 17.3 Å². The third-order valence-electron chi connectivity index (χ3n) is 6.14. The zero-order chi connectivity index (χ0) is 28.5. The zero-order valence-corrected chi connectivity index (χ0v) is 25.0. The number of hydrogen-bond donors (Lipinski definition) is 3. The minimum absolute atomic E-state index is 0.311. The Morgan fingerprint density at radius 1 is 1.00 bits per heavy atom.